The second-order valence-corrected chi connectivity index (χ2v) is 6.30. The van der Waals surface area contributed by atoms with Gasteiger partial charge in [-0.1, -0.05) is 60.7 Å². The Bertz CT molecular complexity index is 823. The zero-order valence-corrected chi connectivity index (χ0v) is 12.8. The maximum absolute atomic E-state index is 6.17. The molecule has 1 aliphatic rings. The van der Waals surface area contributed by atoms with Gasteiger partial charge in [-0.05, 0) is 36.2 Å². The van der Waals surface area contributed by atoms with Crippen LogP contribution in [0.15, 0.2) is 66.7 Å². The summed E-state index contributed by atoms with van der Waals surface area (Å²) in [7, 11) is 0. The van der Waals surface area contributed by atoms with Gasteiger partial charge in [-0.25, -0.2) is 0 Å². The molecule has 1 aliphatic heterocycles. The Kier molecular flexibility index (Phi) is 2.95. The molecule has 4 rings (SSSR count). The minimum atomic E-state index is -0.393. The summed E-state index contributed by atoms with van der Waals surface area (Å²) in [5, 5.41) is 6.13. The Morgan fingerprint density at radius 1 is 0.864 bits per heavy atom. The Balaban J connectivity index is 1.99. The van der Waals surface area contributed by atoms with Crippen molar-refractivity contribution in [3.8, 4) is 5.75 Å². The Labute approximate surface area is 130 Å². The number of hydrogen-bond acceptors (Lipinski definition) is 2. The highest BCUT2D eigenvalue weighted by Crippen LogP contribution is 2.41. The average Bonchev–Trinajstić information content (AvgIpc) is 2.53. The van der Waals surface area contributed by atoms with Crippen molar-refractivity contribution in [3.63, 3.8) is 0 Å². The lowest BCUT2D eigenvalue weighted by Gasteiger charge is -2.40. The Morgan fingerprint density at radius 2 is 1.59 bits per heavy atom. The van der Waals surface area contributed by atoms with Gasteiger partial charge in [0.1, 0.15) is 5.75 Å². The zero-order valence-electron chi connectivity index (χ0n) is 12.8. The maximum Gasteiger partial charge on any atom is 0.156 e. The van der Waals surface area contributed by atoms with E-state index in [1.807, 2.05) is 0 Å². The van der Waals surface area contributed by atoms with E-state index in [1.165, 1.54) is 21.9 Å². The summed E-state index contributed by atoms with van der Waals surface area (Å²) in [5.74, 6) is 0.969. The summed E-state index contributed by atoms with van der Waals surface area (Å²) in [6.45, 7) is 4.14. The molecular weight excluding hydrogens is 270 g/mol. The number of fused-ring (bicyclic) bond motifs is 3. The van der Waals surface area contributed by atoms with Crippen molar-refractivity contribution in [1.82, 2.24) is 5.32 Å². The van der Waals surface area contributed by atoms with E-state index in [1.54, 1.807) is 0 Å². The third kappa shape index (κ3) is 2.16. The van der Waals surface area contributed by atoms with Crippen LogP contribution in [0.4, 0.5) is 0 Å². The molecule has 3 aromatic rings. The lowest BCUT2D eigenvalue weighted by Crippen LogP contribution is -2.50. The van der Waals surface area contributed by atoms with Gasteiger partial charge in [0.05, 0.1) is 6.04 Å². The lowest BCUT2D eigenvalue weighted by atomic mass is 9.90. The molecule has 3 aromatic carbocycles. The minimum absolute atomic E-state index is 0.131. The van der Waals surface area contributed by atoms with Gasteiger partial charge in [-0.3, -0.25) is 5.32 Å². The molecule has 110 valence electrons. The van der Waals surface area contributed by atoms with E-state index in [0.29, 0.717) is 0 Å². The minimum Gasteiger partial charge on any atom is -0.473 e. The van der Waals surface area contributed by atoms with Crippen LogP contribution in [-0.4, -0.2) is 5.72 Å². The molecule has 1 atom stereocenters. The second kappa shape index (κ2) is 4.85. The number of nitrogens with one attached hydrogen (secondary N) is 1. The topological polar surface area (TPSA) is 21.3 Å². The van der Waals surface area contributed by atoms with Crippen molar-refractivity contribution >= 4 is 10.8 Å². The molecule has 0 amide bonds. The molecule has 2 heteroatoms. The predicted octanol–water partition coefficient (Wildman–Crippen LogP) is 4.65. The van der Waals surface area contributed by atoms with Gasteiger partial charge >= 0.3 is 0 Å². The predicted molar refractivity (Wildman–Crippen MR) is 90.1 cm³/mol. The molecular formula is C20H19NO. The Hall–Kier alpha value is -2.32. The van der Waals surface area contributed by atoms with E-state index in [-0.39, 0.29) is 6.04 Å². The molecule has 1 N–H and O–H groups in total. The van der Waals surface area contributed by atoms with E-state index in [0.717, 1.165) is 5.75 Å². The van der Waals surface area contributed by atoms with E-state index < -0.39 is 5.72 Å². The number of rotatable bonds is 1. The first-order valence-corrected chi connectivity index (χ1v) is 7.67. The molecule has 1 unspecified atom stereocenters. The summed E-state index contributed by atoms with van der Waals surface area (Å²) in [6.07, 6.45) is 0. The molecule has 2 nitrogen and oxygen atoms in total. The van der Waals surface area contributed by atoms with Crippen LogP contribution in [0.5, 0.6) is 5.75 Å². The van der Waals surface area contributed by atoms with Crippen molar-refractivity contribution in [3.05, 3.63) is 77.9 Å². The van der Waals surface area contributed by atoms with Crippen LogP contribution in [0.25, 0.3) is 10.8 Å². The largest absolute Gasteiger partial charge is 0.473 e. The number of hydrogen-bond donors (Lipinski definition) is 1. The molecule has 22 heavy (non-hydrogen) atoms. The third-order valence-corrected chi connectivity index (χ3v) is 4.21. The van der Waals surface area contributed by atoms with Gasteiger partial charge in [0.15, 0.2) is 5.72 Å². The highest BCUT2D eigenvalue weighted by Gasteiger charge is 2.34. The highest BCUT2D eigenvalue weighted by atomic mass is 16.5. The molecule has 0 aromatic heterocycles. The van der Waals surface area contributed by atoms with Crippen molar-refractivity contribution in [2.75, 3.05) is 0 Å². The highest BCUT2D eigenvalue weighted by molar-refractivity contribution is 5.89. The fourth-order valence-electron chi connectivity index (χ4n) is 3.28. The third-order valence-electron chi connectivity index (χ3n) is 4.21. The summed E-state index contributed by atoms with van der Waals surface area (Å²) in [6, 6.07) is 23.4. The van der Waals surface area contributed by atoms with Crippen LogP contribution in [0.2, 0.25) is 0 Å². The summed E-state index contributed by atoms with van der Waals surface area (Å²) in [4.78, 5) is 0. The van der Waals surface area contributed by atoms with E-state index in [4.69, 9.17) is 4.74 Å². The molecule has 0 fully saturated rings. The van der Waals surface area contributed by atoms with Gasteiger partial charge < -0.3 is 4.74 Å². The standard InChI is InChI=1S/C20H19NO/c1-20(2)21-19(15-9-4-3-5-10-15)18-16-11-7-6-8-14(16)12-13-17(18)22-20/h3-13,19,21H,1-2H3. The van der Waals surface area contributed by atoms with Crippen LogP contribution in [0.1, 0.15) is 31.0 Å². The summed E-state index contributed by atoms with van der Waals surface area (Å²) >= 11 is 0. The van der Waals surface area contributed by atoms with E-state index in [9.17, 15) is 0 Å². The van der Waals surface area contributed by atoms with Crippen LogP contribution in [0, 0.1) is 0 Å². The Morgan fingerprint density at radius 3 is 2.41 bits per heavy atom. The van der Waals surface area contributed by atoms with Gasteiger partial charge in [0.25, 0.3) is 0 Å². The zero-order chi connectivity index (χ0) is 15.2. The molecule has 0 saturated carbocycles. The van der Waals surface area contributed by atoms with Gasteiger partial charge in [-0.2, -0.15) is 0 Å². The van der Waals surface area contributed by atoms with Crippen LogP contribution >= 0.6 is 0 Å². The quantitative estimate of drug-likeness (QED) is 0.704. The first kappa shape index (κ1) is 13.4. The van der Waals surface area contributed by atoms with Gasteiger partial charge in [0, 0.05) is 5.56 Å². The molecule has 0 radical (unpaired) electrons. The monoisotopic (exact) mass is 289 g/mol. The average molecular weight is 289 g/mol. The first-order chi connectivity index (χ1) is 10.6. The SMILES string of the molecule is CC1(C)NC(c2ccccc2)c2c(ccc3ccccc23)O1. The van der Waals surface area contributed by atoms with Crippen LogP contribution in [0.3, 0.4) is 0 Å². The van der Waals surface area contributed by atoms with Gasteiger partial charge in [0.2, 0.25) is 0 Å². The molecule has 0 spiro atoms. The first-order valence-electron chi connectivity index (χ1n) is 7.67. The summed E-state index contributed by atoms with van der Waals surface area (Å²) < 4.78 is 6.17. The number of ether oxygens (including phenoxy) is 1. The van der Waals surface area contributed by atoms with E-state index >= 15 is 0 Å². The van der Waals surface area contributed by atoms with Gasteiger partial charge in [-0.15, -0.1) is 0 Å². The molecule has 0 saturated heterocycles. The van der Waals surface area contributed by atoms with Crippen molar-refractivity contribution < 1.29 is 4.74 Å². The van der Waals surface area contributed by atoms with E-state index in [2.05, 4.69) is 85.9 Å². The smallest absolute Gasteiger partial charge is 0.156 e. The normalized spacial score (nSPS) is 19.5. The van der Waals surface area contributed by atoms with Crippen molar-refractivity contribution in [2.45, 2.75) is 25.6 Å². The number of benzene rings is 3. The van der Waals surface area contributed by atoms with Crippen LogP contribution in [-0.2, 0) is 0 Å². The van der Waals surface area contributed by atoms with Crippen molar-refractivity contribution in [1.29, 1.82) is 0 Å². The lowest BCUT2D eigenvalue weighted by molar-refractivity contribution is 0.0449. The molecule has 0 aliphatic carbocycles. The summed E-state index contributed by atoms with van der Waals surface area (Å²) in [5.41, 5.74) is 2.09. The fraction of sp³-hybridized carbons (Fsp3) is 0.200. The van der Waals surface area contributed by atoms with Crippen LogP contribution < -0.4 is 10.1 Å². The second-order valence-electron chi connectivity index (χ2n) is 6.30. The maximum atomic E-state index is 6.17. The fourth-order valence-corrected chi connectivity index (χ4v) is 3.28. The molecule has 1 heterocycles. The van der Waals surface area contributed by atoms with Crippen molar-refractivity contribution in [2.24, 2.45) is 0 Å². The molecule has 0 bridgehead atoms.